The van der Waals surface area contributed by atoms with Crippen molar-refractivity contribution in [1.29, 1.82) is 0 Å². The van der Waals surface area contributed by atoms with E-state index in [0.29, 0.717) is 18.2 Å². The van der Waals surface area contributed by atoms with Gasteiger partial charge in [0.15, 0.2) is 0 Å². The van der Waals surface area contributed by atoms with Crippen LogP contribution < -0.4 is 16.0 Å². The molecule has 2 aliphatic heterocycles. The van der Waals surface area contributed by atoms with Gasteiger partial charge in [-0.1, -0.05) is 35.4 Å². The molecular formula is C20H24Cl2N6O. The minimum absolute atomic E-state index is 0. The number of halogens is 2. The number of aliphatic imine (C=N–C) groups is 2. The molecule has 7 nitrogen and oxygen atoms in total. The molecule has 1 atom stereocenters. The van der Waals surface area contributed by atoms with E-state index in [4.69, 9.17) is 22.1 Å². The van der Waals surface area contributed by atoms with Crippen LogP contribution in [0.25, 0.3) is 0 Å². The van der Waals surface area contributed by atoms with Crippen LogP contribution >= 0.6 is 24.0 Å². The predicted molar refractivity (Wildman–Crippen MR) is 121 cm³/mol. The summed E-state index contributed by atoms with van der Waals surface area (Å²) >= 11 is 6.15. The molecule has 2 aliphatic rings. The number of hydrogen-bond donors (Lipinski definition) is 2. The van der Waals surface area contributed by atoms with Crippen molar-refractivity contribution in [1.82, 2.24) is 4.90 Å². The predicted octanol–water partition coefficient (Wildman–Crippen LogP) is 3.29. The van der Waals surface area contributed by atoms with Gasteiger partial charge in [-0.2, -0.15) is 4.99 Å². The topological polar surface area (TPSA) is 78.5 Å². The summed E-state index contributed by atoms with van der Waals surface area (Å²) in [6.45, 7) is 4.87. The maximum Gasteiger partial charge on any atom is 0.222 e. The van der Waals surface area contributed by atoms with E-state index >= 15 is 0 Å². The zero-order valence-electron chi connectivity index (χ0n) is 16.1. The normalized spacial score (nSPS) is 19.2. The van der Waals surface area contributed by atoms with Crippen LogP contribution in [0.4, 0.5) is 11.4 Å². The van der Waals surface area contributed by atoms with E-state index in [-0.39, 0.29) is 18.4 Å². The summed E-state index contributed by atoms with van der Waals surface area (Å²) in [4.78, 5) is 13.4. The molecule has 0 radical (unpaired) electrons. The molecule has 1 saturated heterocycles. The number of morpholine rings is 1. The largest absolute Gasteiger partial charge is 0.378 e. The highest BCUT2D eigenvalue weighted by molar-refractivity contribution is 6.30. The second kappa shape index (κ2) is 9.35. The summed E-state index contributed by atoms with van der Waals surface area (Å²) < 4.78 is 5.50. The van der Waals surface area contributed by atoms with Gasteiger partial charge >= 0.3 is 0 Å². The lowest BCUT2D eigenvalue weighted by Gasteiger charge is -2.41. The van der Waals surface area contributed by atoms with Crippen molar-refractivity contribution in [2.75, 3.05) is 36.5 Å². The Morgan fingerprint density at radius 3 is 2.55 bits per heavy atom. The Balaban J connectivity index is 0.00000240. The molecule has 1 unspecified atom stereocenters. The number of ether oxygens (including phenoxy) is 1. The Morgan fingerprint density at radius 1 is 1.14 bits per heavy atom. The highest BCUT2D eigenvalue weighted by Gasteiger charge is 2.32. The van der Waals surface area contributed by atoms with Crippen LogP contribution in [0.15, 0.2) is 58.5 Å². The van der Waals surface area contributed by atoms with Gasteiger partial charge in [0.1, 0.15) is 0 Å². The number of nitrogens with zero attached hydrogens (tertiary/aromatic N) is 4. The Kier molecular flexibility index (Phi) is 6.84. The summed E-state index contributed by atoms with van der Waals surface area (Å²) in [5, 5.41) is 4.07. The van der Waals surface area contributed by atoms with Crippen LogP contribution in [0.5, 0.6) is 0 Å². The number of rotatable bonds is 3. The molecular weight excluding hydrogens is 411 g/mol. The summed E-state index contributed by atoms with van der Waals surface area (Å²) in [6, 6.07) is 15.8. The Hall–Kier alpha value is -2.48. The average molecular weight is 435 g/mol. The molecule has 9 heteroatoms. The van der Waals surface area contributed by atoms with Gasteiger partial charge in [-0.3, -0.25) is 4.90 Å². The molecule has 0 spiro atoms. The lowest BCUT2D eigenvalue weighted by Crippen LogP contribution is -2.57. The third kappa shape index (κ3) is 4.93. The first-order chi connectivity index (χ1) is 13.6. The number of aryl methyl sites for hydroxylation is 1. The van der Waals surface area contributed by atoms with Crippen molar-refractivity contribution >= 4 is 47.3 Å². The first-order valence-corrected chi connectivity index (χ1v) is 9.60. The fourth-order valence-electron chi connectivity index (χ4n) is 3.25. The number of hydrogen-bond acceptors (Lipinski definition) is 7. The summed E-state index contributed by atoms with van der Waals surface area (Å²) in [5.74, 6) is 1.00. The van der Waals surface area contributed by atoms with Crippen LogP contribution in [0.1, 0.15) is 5.56 Å². The third-order valence-electron chi connectivity index (χ3n) is 4.66. The quantitative estimate of drug-likeness (QED) is 0.774. The van der Waals surface area contributed by atoms with Crippen molar-refractivity contribution < 1.29 is 4.74 Å². The number of nitrogens with one attached hydrogen (secondary N) is 1. The lowest BCUT2D eigenvalue weighted by atomic mass is 10.2. The molecule has 0 aliphatic carbocycles. The van der Waals surface area contributed by atoms with Gasteiger partial charge < -0.3 is 20.7 Å². The Labute approximate surface area is 181 Å². The zero-order valence-corrected chi connectivity index (χ0v) is 17.7. The van der Waals surface area contributed by atoms with Crippen LogP contribution in [0.2, 0.25) is 5.02 Å². The standard InChI is InChI=1S/C20H23ClN6O.ClH/c1-14-5-7-17(8-6-14)27-19(23-16-4-2-3-15(21)13-16)24-18(22)25-20(27)26-9-11-28-12-10-26;/h2-8,13,19,23H,9-12H2,1H3,(H2,22,24);1H. The minimum atomic E-state index is -0.448. The number of nitrogens with two attached hydrogens (primary N) is 1. The lowest BCUT2D eigenvalue weighted by molar-refractivity contribution is 0.0671. The molecule has 0 bridgehead atoms. The van der Waals surface area contributed by atoms with Crippen molar-refractivity contribution in [3.8, 4) is 0 Å². The smallest absolute Gasteiger partial charge is 0.222 e. The molecule has 2 aromatic carbocycles. The summed E-state index contributed by atoms with van der Waals surface area (Å²) in [5.41, 5.74) is 9.10. The van der Waals surface area contributed by atoms with E-state index < -0.39 is 6.29 Å². The molecule has 0 saturated carbocycles. The Morgan fingerprint density at radius 2 is 1.86 bits per heavy atom. The molecule has 1 fully saturated rings. The molecule has 2 aromatic rings. The van der Waals surface area contributed by atoms with Gasteiger partial charge in [0, 0.05) is 29.5 Å². The van der Waals surface area contributed by atoms with E-state index in [1.54, 1.807) is 0 Å². The molecule has 3 N–H and O–H groups in total. The summed E-state index contributed by atoms with van der Waals surface area (Å²) in [7, 11) is 0. The zero-order chi connectivity index (χ0) is 19.5. The van der Waals surface area contributed by atoms with Crippen molar-refractivity contribution in [3.63, 3.8) is 0 Å². The second-order valence-electron chi connectivity index (χ2n) is 6.73. The third-order valence-corrected chi connectivity index (χ3v) is 4.89. The van der Waals surface area contributed by atoms with E-state index in [0.717, 1.165) is 30.4 Å². The van der Waals surface area contributed by atoms with Crippen LogP contribution in [0.3, 0.4) is 0 Å². The molecule has 29 heavy (non-hydrogen) atoms. The maximum absolute atomic E-state index is 6.15. The van der Waals surface area contributed by atoms with Crippen molar-refractivity contribution in [2.24, 2.45) is 15.7 Å². The molecule has 2 heterocycles. The number of benzene rings is 2. The minimum Gasteiger partial charge on any atom is -0.378 e. The van der Waals surface area contributed by atoms with Crippen molar-refractivity contribution in [3.05, 3.63) is 59.1 Å². The van der Waals surface area contributed by atoms with Gasteiger partial charge in [0.05, 0.1) is 13.2 Å². The molecule has 0 aromatic heterocycles. The summed E-state index contributed by atoms with van der Waals surface area (Å²) in [6.07, 6.45) is -0.448. The van der Waals surface area contributed by atoms with Crippen molar-refractivity contribution in [2.45, 2.75) is 13.2 Å². The fraction of sp³-hybridized carbons (Fsp3) is 0.300. The van der Waals surface area contributed by atoms with Gasteiger partial charge in [-0.05, 0) is 37.3 Å². The van der Waals surface area contributed by atoms with Gasteiger partial charge in [0.2, 0.25) is 18.2 Å². The van der Waals surface area contributed by atoms with E-state index in [2.05, 4.69) is 56.3 Å². The fourth-order valence-corrected chi connectivity index (χ4v) is 3.44. The van der Waals surface area contributed by atoms with Crippen LogP contribution in [0, 0.1) is 6.92 Å². The molecule has 154 valence electrons. The first-order valence-electron chi connectivity index (χ1n) is 9.23. The van der Waals surface area contributed by atoms with Crippen LogP contribution in [-0.2, 0) is 4.74 Å². The highest BCUT2D eigenvalue weighted by atomic mass is 35.5. The number of anilines is 2. The van der Waals surface area contributed by atoms with Crippen LogP contribution in [-0.4, -0.2) is 49.4 Å². The molecule has 0 amide bonds. The van der Waals surface area contributed by atoms with Gasteiger partial charge in [-0.25, -0.2) is 4.99 Å². The SMILES string of the molecule is Cc1ccc(N2C(N3CCOCC3)=NC(N)=NC2Nc2cccc(Cl)c2)cc1.Cl. The highest BCUT2D eigenvalue weighted by Crippen LogP contribution is 2.25. The molecule has 4 rings (SSSR count). The van der Waals surface area contributed by atoms with Gasteiger partial charge in [-0.15, -0.1) is 12.4 Å². The van der Waals surface area contributed by atoms with E-state index in [9.17, 15) is 0 Å². The van der Waals surface area contributed by atoms with E-state index in [1.165, 1.54) is 5.56 Å². The van der Waals surface area contributed by atoms with E-state index in [1.807, 2.05) is 24.3 Å². The monoisotopic (exact) mass is 434 g/mol. The first kappa shape index (κ1) is 21.2. The second-order valence-corrected chi connectivity index (χ2v) is 7.17. The number of guanidine groups is 2. The van der Waals surface area contributed by atoms with Gasteiger partial charge in [0.25, 0.3) is 0 Å². The average Bonchev–Trinajstić information content (AvgIpc) is 2.69. The Bertz CT molecular complexity index is 896. The maximum atomic E-state index is 6.15.